The zero-order valence-corrected chi connectivity index (χ0v) is 17.8. The molecule has 1 saturated heterocycles. The number of halogens is 2. The molecule has 0 radical (unpaired) electrons. The average Bonchev–Trinajstić information content (AvgIpc) is 3.36. The minimum Gasteiger partial charge on any atom is -0.367 e. The number of nitrogens with one attached hydrogen (secondary N) is 1. The van der Waals surface area contributed by atoms with Crippen molar-refractivity contribution in [2.45, 2.75) is 89.6 Å². The Balaban J connectivity index is 1.43. The molecule has 0 unspecified atom stereocenters. The lowest BCUT2D eigenvalue weighted by Gasteiger charge is -2.41. The molecule has 1 aliphatic carbocycles. The van der Waals surface area contributed by atoms with Crippen molar-refractivity contribution < 1.29 is 13.6 Å². The van der Waals surface area contributed by atoms with Crippen molar-refractivity contribution in [1.82, 2.24) is 14.7 Å². The molecule has 2 fully saturated rings. The predicted octanol–water partition coefficient (Wildman–Crippen LogP) is 4.60. The van der Waals surface area contributed by atoms with E-state index in [9.17, 15) is 13.6 Å². The lowest BCUT2D eigenvalue weighted by atomic mass is 9.84. The third-order valence-electron chi connectivity index (χ3n) is 7.06. The molecule has 0 bridgehead atoms. The summed E-state index contributed by atoms with van der Waals surface area (Å²) in [5, 5.41) is 8.01. The average molecular weight is 409 g/mol. The fraction of sp³-hybridized carbons (Fsp3) is 0.818. The first kappa shape index (κ1) is 20.6. The molecule has 162 valence electrons. The van der Waals surface area contributed by atoms with Crippen molar-refractivity contribution in [1.29, 1.82) is 0 Å². The molecule has 1 amide bonds. The Labute approximate surface area is 172 Å². The minimum atomic E-state index is -2.44. The number of anilines is 1. The van der Waals surface area contributed by atoms with E-state index in [0.29, 0.717) is 24.1 Å². The van der Waals surface area contributed by atoms with E-state index in [1.54, 1.807) is 0 Å². The Morgan fingerprint density at radius 1 is 1.17 bits per heavy atom. The SMILES string of the molecule is CC(C)(C)c1cc2n(n1)[C@@H](C(F)F)C[C@@H](C1CCN(C(=O)C3CCCC3)CC1)N2. The van der Waals surface area contributed by atoms with Gasteiger partial charge in [0.25, 0.3) is 6.43 Å². The molecule has 5 nitrogen and oxygen atoms in total. The molecule has 1 saturated carbocycles. The van der Waals surface area contributed by atoms with Crippen LogP contribution in [0, 0.1) is 11.8 Å². The highest BCUT2D eigenvalue weighted by molar-refractivity contribution is 5.79. The van der Waals surface area contributed by atoms with Gasteiger partial charge in [0, 0.05) is 36.5 Å². The summed E-state index contributed by atoms with van der Waals surface area (Å²) in [7, 11) is 0. The molecular weight excluding hydrogens is 374 g/mol. The maximum Gasteiger partial charge on any atom is 0.260 e. The number of carbonyl (C=O) groups excluding carboxylic acids is 1. The van der Waals surface area contributed by atoms with Crippen molar-refractivity contribution >= 4 is 11.7 Å². The fourth-order valence-electron chi connectivity index (χ4n) is 5.20. The van der Waals surface area contributed by atoms with Gasteiger partial charge >= 0.3 is 0 Å². The molecule has 4 rings (SSSR count). The van der Waals surface area contributed by atoms with Crippen molar-refractivity contribution in [3.8, 4) is 0 Å². The van der Waals surface area contributed by atoms with Crippen molar-refractivity contribution in [3.63, 3.8) is 0 Å². The lowest BCUT2D eigenvalue weighted by molar-refractivity contribution is -0.136. The number of nitrogens with zero attached hydrogens (tertiary/aromatic N) is 3. The predicted molar refractivity (Wildman–Crippen MR) is 109 cm³/mol. The standard InChI is InChI=1S/C22H34F2N4O/c1-22(2,3)18-13-19-25-16(12-17(20(23)24)28(19)26-18)14-8-10-27(11-9-14)21(29)15-6-4-5-7-15/h13-17,20,25H,4-12H2,1-3H3/t16-,17+/m0/s1. The molecule has 1 aromatic rings. The van der Waals surface area contributed by atoms with E-state index in [1.165, 1.54) is 4.68 Å². The van der Waals surface area contributed by atoms with Crippen LogP contribution in [0.2, 0.25) is 0 Å². The summed E-state index contributed by atoms with van der Waals surface area (Å²) in [6.45, 7) is 7.65. The number of likely N-dealkylation sites (tertiary alicyclic amines) is 1. The molecule has 1 N–H and O–H groups in total. The van der Waals surface area contributed by atoms with Crippen LogP contribution in [-0.2, 0) is 10.2 Å². The Morgan fingerprint density at radius 3 is 2.41 bits per heavy atom. The van der Waals surface area contributed by atoms with Gasteiger partial charge in [-0.3, -0.25) is 4.79 Å². The second-order valence-corrected chi connectivity index (χ2v) is 10.1. The summed E-state index contributed by atoms with van der Waals surface area (Å²) in [6, 6.07) is 1.06. The number of aromatic nitrogens is 2. The number of rotatable bonds is 3. The largest absolute Gasteiger partial charge is 0.367 e. The van der Waals surface area contributed by atoms with E-state index >= 15 is 0 Å². The van der Waals surface area contributed by atoms with Crippen molar-refractivity contribution in [2.24, 2.45) is 11.8 Å². The Bertz CT molecular complexity index is 728. The van der Waals surface area contributed by atoms with E-state index < -0.39 is 12.5 Å². The second-order valence-electron chi connectivity index (χ2n) is 10.1. The van der Waals surface area contributed by atoms with E-state index in [0.717, 1.165) is 57.3 Å². The van der Waals surface area contributed by atoms with Gasteiger partial charge in [-0.15, -0.1) is 0 Å². The third-order valence-corrected chi connectivity index (χ3v) is 7.06. The van der Waals surface area contributed by atoms with Gasteiger partial charge in [-0.1, -0.05) is 33.6 Å². The maximum absolute atomic E-state index is 13.8. The van der Waals surface area contributed by atoms with Crippen LogP contribution in [0.15, 0.2) is 6.07 Å². The summed E-state index contributed by atoms with van der Waals surface area (Å²) < 4.78 is 29.2. The molecule has 3 aliphatic rings. The zero-order valence-electron chi connectivity index (χ0n) is 17.8. The van der Waals surface area contributed by atoms with Crippen LogP contribution in [0.3, 0.4) is 0 Å². The quantitative estimate of drug-likeness (QED) is 0.795. The molecular formula is C22H34F2N4O. The number of amides is 1. The number of hydrogen-bond donors (Lipinski definition) is 1. The van der Waals surface area contributed by atoms with Gasteiger partial charge in [0.1, 0.15) is 11.9 Å². The molecule has 0 aromatic carbocycles. The van der Waals surface area contributed by atoms with Gasteiger partial charge < -0.3 is 10.2 Å². The van der Waals surface area contributed by atoms with Crippen LogP contribution in [0.1, 0.15) is 77.5 Å². The van der Waals surface area contributed by atoms with Crippen LogP contribution in [0.25, 0.3) is 0 Å². The summed E-state index contributed by atoms with van der Waals surface area (Å²) >= 11 is 0. The first-order valence-corrected chi connectivity index (χ1v) is 11.2. The summed E-state index contributed by atoms with van der Waals surface area (Å²) in [5.41, 5.74) is 0.656. The Hall–Kier alpha value is -1.66. The molecule has 2 atom stereocenters. The Kier molecular flexibility index (Phi) is 5.60. The number of hydrogen-bond acceptors (Lipinski definition) is 3. The minimum absolute atomic E-state index is 0.00903. The van der Waals surface area contributed by atoms with Crippen LogP contribution in [0.5, 0.6) is 0 Å². The third kappa shape index (κ3) is 4.15. The molecule has 2 aliphatic heterocycles. The molecule has 0 spiro atoms. The monoisotopic (exact) mass is 408 g/mol. The maximum atomic E-state index is 13.8. The number of carbonyl (C=O) groups is 1. The van der Waals surface area contributed by atoms with E-state index in [2.05, 4.69) is 10.4 Å². The van der Waals surface area contributed by atoms with Gasteiger partial charge in [-0.2, -0.15) is 5.10 Å². The summed E-state index contributed by atoms with van der Waals surface area (Å²) in [5.74, 6) is 1.55. The molecule has 1 aromatic heterocycles. The zero-order chi connectivity index (χ0) is 20.8. The van der Waals surface area contributed by atoms with Crippen LogP contribution in [0.4, 0.5) is 14.6 Å². The van der Waals surface area contributed by atoms with Gasteiger partial charge in [0.05, 0.1) is 5.69 Å². The van der Waals surface area contributed by atoms with Gasteiger partial charge in [-0.05, 0) is 38.0 Å². The fourth-order valence-corrected chi connectivity index (χ4v) is 5.20. The van der Waals surface area contributed by atoms with Gasteiger partial charge in [0.2, 0.25) is 5.91 Å². The highest BCUT2D eigenvalue weighted by atomic mass is 19.3. The van der Waals surface area contributed by atoms with Crippen LogP contribution < -0.4 is 5.32 Å². The first-order chi connectivity index (χ1) is 13.7. The van der Waals surface area contributed by atoms with Gasteiger partial charge in [0.15, 0.2) is 0 Å². The molecule has 3 heterocycles. The van der Waals surface area contributed by atoms with Gasteiger partial charge in [-0.25, -0.2) is 13.5 Å². The van der Waals surface area contributed by atoms with Crippen LogP contribution in [-0.4, -0.2) is 46.1 Å². The summed E-state index contributed by atoms with van der Waals surface area (Å²) in [6.07, 6.45) is 4.10. The lowest BCUT2D eigenvalue weighted by Crippen LogP contribution is -2.47. The number of alkyl halides is 2. The number of fused-ring (bicyclic) bond motifs is 1. The number of piperidine rings is 1. The smallest absolute Gasteiger partial charge is 0.260 e. The highest BCUT2D eigenvalue weighted by Crippen LogP contribution is 2.39. The summed E-state index contributed by atoms with van der Waals surface area (Å²) in [4.78, 5) is 14.7. The Morgan fingerprint density at radius 2 is 1.83 bits per heavy atom. The van der Waals surface area contributed by atoms with E-state index in [1.807, 2.05) is 31.7 Å². The molecule has 29 heavy (non-hydrogen) atoms. The van der Waals surface area contributed by atoms with Crippen molar-refractivity contribution in [2.75, 3.05) is 18.4 Å². The van der Waals surface area contributed by atoms with Crippen molar-refractivity contribution in [3.05, 3.63) is 11.8 Å². The first-order valence-electron chi connectivity index (χ1n) is 11.2. The highest BCUT2D eigenvalue weighted by Gasteiger charge is 2.39. The molecule has 7 heteroatoms. The van der Waals surface area contributed by atoms with E-state index in [4.69, 9.17) is 0 Å². The topological polar surface area (TPSA) is 50.2 Å². The van der Waals surface area contributed by atoms with E-state index in [-0.39, 0.29) is 17.4 Å². The normalized spacial score (nSPS) is 26.6. The second kappa shape index (κ2) is 7.88. The van der Waals surface area contributed by atoms with Crippen LogP contribution >= 0.6 is 0 Å².